The monoisotopic (exact) mass is 278 g/mol. The summed E-state index contributed by atoms with van der Waals surface area (Å²) in [6.45, 7) is 4.83. The minimum absolute atomic E-state index is 0.178. The molecule has 0 unspecified atom stereocenters. The van der Waals surface area contributed by atoms with Gasteiger partial charge >= 0.3 is 0 Å². The highest BCUT2D eigenvalue weighted by Gasteiger charge is 2.14. The van der Waals surface area contributed by atoms with Gasteiger partial charge in [-0.05, 0) is 25.5 Å². The Labute approximate surface area is 118 Å². The van der Waals surface area contributed by atoms with Crippen LogP contribution in [0.15, 0.2) is 24.4 Å². The molecule has 2 heterocycles. The Bertz CT molecular complexity index is 536. The molecule has 0 aliphatic heterocycles. The van der Waals surface area contributed by atoms with E-state index in [0.717, 1.165) is 28.5 Å². The Hall–Kier alpha value is -1.39. The summed E-state index contributed by atoms with van der Waals surface area (Å²) in [7, 11) is 1.92. The first kappa shape index (κ1) is 14.0. The van der Waals surface area contributed by atoms with Gasteiger partial charge in [0, 0.05) is 25.8 Å². The average Bonchev–Trinajstić information content (AvgIpc) is 2.72. The molecule has 5 heteroatoms. The van der Waals surface area contributed by atoms with Crippen LogP contribution in [0.3, 0.4) is 0 Å². The largest absolute Gasteiger partial charge is 0.303 e. The van der Waals surface area contributed by atoms with E-state index < -0.39 is 0 Å². The number of hydrogen-bond acceptors (Lipinski definition) is 3. The third-order valence-corrected chi connectivity index (χ3v) is 3.65. The molecule has 19 heavy (non-hydrogen) atoms. The maximum atomic E-state index is 6.32. The number of aryl methyl sites for hydroxylation is 2. The van der Waals surface area contributed by atoms with Gasteiger partial charge in [-0.1, -0.05) is 24.6 Å². The molecule has 0 aliphatic rings. The minimum Gasteiger partial charge on any atom is -0.303 e. The second kappa shape index (κ2) is 6.17. The fourth-order valence-corrected chi connectivity index (χ4v) is 2.36. The van der Waals surface area contributed by atoms with E-state index in [1.54, 1.807) is 6.20 Å². The van der Waals surface area contributed by atoms with E-state index in [4.69, 9.17) is 11.6 Å². The van der Waals surface area contributed by atoms with E-state index in [-0.39, 0.29) is 6.04 Å². The van der Waals surface area contributed by atoms with Gasteiger partial charge in [-0.2, -0.15) is 5.10 Å². The SMILES string of the molecule is CCc1nn(C)c(CN[C@H](C)c2ccccn2)c1Cl. The number of nitrogens with one attached hydrogen (secondary N) is 1. The van der Waals surface area contributed by atoms with Crippen LogP contribution < -0.4 is 5.32 Å². The molecule has 0 aromatic carbocycles. The third kappa shape index (κ3) is 3.14. The lowest BCUT2D eigenvalue weighted by molar-refractivity contribution is 0.538. The van der Waals surface area contributed by atoms with Crippen molar-refractivity contribution in [2.45, 2.75) is 32.9 Å². The summed E-state index contributed by atoms with van der Waals surface area (Å²) < 4.78 is 1.85. The molecule has 1 N–H and O–H groups in total. The summed E-state index contributed by atoms with van der Waals surface area (Å²) in [6.07, 6.45) is 2.65. The Balaban J connectivity index is 2.05. The predicted octanol–water partition coefficient (Wildman–Crippen LogP) is 2.88. The maximum absolute atomic E-state index is 6.32. The molecule has 0 spiro atoms. The van der Waals surface area contributed by atoms with Crippen molar-refractivity contribution in [3.63, 3.8) is 0 Å². The number of hydrogen-bond donors (Lipinski definition) is 1. The number of halogens is 1. The number of pyridine rings is 1. The van der Waals surface area contributed by atoms with Crippen LogP contribution in [0.4, 0.5) is 0 Å². The van der Waals surface area contributed by atoms with Crippen molar-refractivity contribution in [3.05, 3.63) is 46.5 Å². The number of rotatable bonds is 5. The van der Waals surface area contributed by atoms with Crippen LogP contribution in [0.5, 0.6) is 0 Å². The van der Waals surface area contributed by atoms with Crippen molar-refractivity contribution >= 4 is 11.6 Å². The lowest BCUT2D eigenvalue weighted by atomic mass is 10.2. The highest BCUT2D eigenvalue weighted by Crippen LogP contribution is 2.21. The Morgan fingerprint density at radius 2 is 2.21 bits per heavy atom. The van der Waals surface area contributed by atoms with Crippen LogP contribution >= 0.6 is 11.6 Å². The lowest BCUT2D eigenvalue weighted by Crippen LogP contribution is -2.20. The normalized spacial score (nSPS) is 12.6. The summed E-state index contributed by atoms with van der Waals surface area (Å²) in [4.78, 5) is 4.34. The van der Waals surface area contributed by atoms with Crippen LogP contribution in [-0.2, 0) is 20.0 Å². The molecule has 2 aromatic heterocycles. The van der Waals surface area contributed by atoms with Crippen LogP contribution in [0, 0.1) is 0 Å². The fourth-order valence-electron chi connectivity index (χ4n) is 2.00. The van der Waals surface area contributed by atoms with Gasteiger partial charge in [0.15, 0.2) is 0 Å². The first-order chi connectivity index (χ1) is 9.13. The highest BCUT2D eigenvalue weighted by atomic mass is 35.5. The molecule has 0 amide bonds. The zero-order chi connectivity index (χ0) is 13.8. The number of nitrogens with zero attached hydrogens (tertiary/aromatic N) is 3. The van der Waals surface area contributed by atoms with Crippen LogP contribution in [-0.4, -0.2) is 14.8 Å². The Morgan fingerprint density at radius 3 is 2.79 bits per heavy atom. The average molecular weight is 279 g/mol. The third-order valence-electron chi connectivity index (χ3n) is 3.21. The first-order valence-electron chi connectivity index (χ1n) is 6.48. The van der Waals surface area contributed by atoms with Crippen molar-refractivity contribution in [2.75, 3.05) is 0 Å². The second-order valence-corrected chi connectivity index (χ2v) is 4.92. The van der Waals surface area contributed by atoms with Crippen molar-refractivity contribution < 1.29 is 0 Å². The van der Waals surface area contributed by atoms with Crippen molar-refractivity contribution in [1.82, 2.24) is 20.1 Å². The first-order valence-corrected chi connectivity index (χ1v) is 6.85. The van der Waals surface area contributed by atoms with Crippen molar-refractivity contribution in [3.8, 4) is 0 Å². The molecule has 0 saturated carbocycles. The number of aromatic nitrogens is 3. The minimum atomic E-state index is 0.178. The standard InChI is InChI=1S/C14H19ClN4/c1-4-11-14(15)13(19(3)18-11)9-17-10(2)12-7-5-6-8-16-12/h5-8,10,17H,4,9H2,1-3H3/t10-/m1/s1. The van der Waals surface area contributed by atoms with E-state index in [1.807, 2.05) is 29.9 Å². The molecule has 0 fully saturated rings. The maximum Gasteiger partial charge on any atom is 0.0863 e. The molecule has 0 aliphatic carbocycles. The second-order valence-electron chi connectivity index (χ2n) is 4.54. The van der Waals surface area contributed by atoms with E-state index in [2.05, 4.69) is 29.2 Å². The molecule has 1 atom stereocenters. The topological polar surface area (TPSA) is 42.7 Å². The summed E-state index contributed by atoms with van der Waals surface area (Å²) in [5.74, 6) is 0. The molecular formula is C14H19ClN4. The van der Waals surface area contributed by atoms with Gasteiger partial charge in [0.05, 0.1) is 22.1 Å². The van der Waals surface area contributed by atoms with Gasteiger partial charge in [0.2, 0.25) is 0 Å². The van der Waals surface area contributed by atoms with E-state index in [0.29, 0.717) is 6.54 Å². The van der Waals surface area contributed by atoms with Gasteiger partial charge in [0.1, 0.15) is 0 Å². The van der Waals surface area contributed by atoms with Crippen LogP contribution in [0.1, 0.15) is 37.0 Å². The van der Waals surface area contributed by atoms with Gasteiger partial charge in [-0.15, -0.1) is 0 Å². The van der Waals surface area contributed by atoms with Crippen molar-refractivity contribution in [1.29, 1.82) is 0 Å². The molecule has 0 radical (unpaired) electrons. The molecule has 102 valence electrons. The quantitative estimate of drug-likeness (QED) is 0.914. The predicted molar refractivity (Wildman–Crippen MR) is 77.1 cm³/mol. The van der Waals surface area contributed by atoms with Crippen LogP contribution in [0.2, 0.25) is 5.02 Å². The van der Waals surface area contributed by atoms with Gasteiger partial charge in [-0.3, -0.25) is 9.67 Å². The molecule has 2 aromatic rings. The zero-order valence-corrected chi connectivity index (χ0v) is 12.3. The summed E-state index contributed by atoms with van der Waals surface area (Å²) in [6, 6.07) is 6.10. The van der Waals surface area contributed by atoms with E-state index in [1.165, 1.54) is 0 Å². The highest BCUT2D eigenvalue weighted by molar-refractivity contribution is 6.31. The van der Waals surface area contributed by atoms with Gasteiger partial charge in [-0.25, -0.2) is 0 Å². The molecule has 2 rings (SSSR count). The summed E-state index contributed by atoms with van der Waals surface area (Å²) in [5.41, 5.74) is 2.99. The van der Waals surface area contributed by atoms with Crippen molar-refractivity contribution in [2.24, 2.45) is 7.05 Å². The lowest BCUT2D eigenvalue weighted by Gasteiger charge is -2.13. The summed E-state index contributed by atoms with van der Waals surface area (Å²) >= 11 is 6.32. The zero-order valence-electron chi connectivity index (χ0n) is 11.5. The molecule has 0 saturated heterocycles. The van der Waals surface area contributed by atoms with Gasteiger partial charge in [0.25, 0.3) is 0 Å². The van der Waals surface area contributed by atoms with E-state index in [9.17, 15) is 0 Å². The van der Waals surface area contributed by atoms with Crippen LogP contribution in [0.25, 0.3) is 0 Å². The molecule has 4 nitrogen and oxygen atoms in total. The molecule has 0 bridgehead atoms. The smallest absolute Gasteiger partial charge is 0.0863 e. The Kier molecular flexibility index (Phi) is 4.56. The molecular weight excluding hydrogens is 260 g/mol. The van der Waals surface area contributed by atoms with Gasteiger partial charge < -0.3 is 5.32 Å². The summed E-state index contributed by atoms with van der Waals surface area (Å²) in [5, 5.41) is 8.60. The van der Waals surface area contributed by atoms with E-state index >= 15 is 0 Å². The fraction of sp³-hybridized carbons (Fsp3) is 0.429. The Morgan fingerprint density at radius 1 is 1.42 bits per heavy atom.